The topological polar surface area (TPSA) is 98.3 Å². The van der Waals surface area contributed by atoms with E-state index in [9.17, 15) is 14.9 Å². The molecule has 1 amide bonds. The number of nitro benzene ring substituents is 1. The Balaban J connectivity index is 1.72. The largest absolute Gasteiger partial charge is 0.436 e. The minimum absolute atomic E-state index is 0.0616. The molecule has 3 aromatic carbocycles. The number of hydrogen-bond donors (Lipinski definition) is 1. The molecule has 0 unspecified atom stereocenters. The molecule has 0 fully saturated rings. The fraction of sp³-hybridized carbons (Fsp3) is 0.0476. The number of nitrogens with zero attached hydrogens (tertiary/aromatic N) is 2. The molecule has 0 aliphatic heterocycles. The maximum atomic E-state index is 12.7. The second-order valence-corrected chi connectivity index (χ2v) is 6.24. The monoisotopic (exact) mass is 373 g/mol. The Kier molecular flexibility index (Phi) is 4.33. The average Bonchev–Trinajstić information content (AvgIpc) is 3.11. The van der Waals surface area contributed by atoms with Crippen molar-refractivity contribution >= 4 is 28.4 Å². The van der Waals surface area contributed by atoms with E-state index < -0.39 is 4.92 Å². The number of para-hydroxylation sites is 1. The summed E-state index contributed by atoms with van der Waals surface area (Å²) in [5.41, 5.74) is 3.32. The molecule has 1 heterocycles. The van der Waals surface area contributed by atoms with Gasteiger partial charge in [0.05, 0.1) is 16.2 Å². The van der Waals surface area contributed by atoms with Gasteiger partial charge in [0.15, 0.2) is 5.58 Å². The third-order valence-electron chi connectivity index (χ3n) is 4.38. The van der Waals surface area contributed by atoms with E-state index in [4.69, 9.17) is 4.42 Å². The van der Waals surface area contributed by atoms with Crippen molar-refractivity contribution in [3.05, 3.63) is 88.0 Å². The molecule has 0 saturated heterocycles. The molecule has 7 nitrogen and oxygen atoms in total. The predicted molar refractivity (Wildman–Crippen MR) is 105 cm³/mol. The highest BCUT2D eigenvalue weighted by Gasteiger charge is 2.17. The first kappa shape index (κ1) is 17.4. The lowest BCUT2D eigenvalue weighted by Gasteiger charge is -2.10. The normalized spacial score (nSPS) is 10.8. The van der Waals surface area contributed by atoms with Crippen LogP contribution < -0.4 is 5.32 Å². The summed E-state index contributed by atoms with van der Waals surface area (Å²) < 4.78 is 5.76. The number of amides is 1. The van der Waals surface area contributed by atoms with Crippen LogP contribution in [0.2, 0.25) is 0 Å². The van der Waals surface area contributed by atoms with Crippen molar-refractivity contribution in [3.63, 3.8) is 0 Å². The Hall–Kier alpha value is -4.00. The Bertz CT molecular complexity index is 1210. The van der Waals surface area contributed by atoms with Crippen LogP contribution in [0.15, 0.2) is 71.1 Å². The number of oxazole rings is 1. The van der Waals surface area contributed by atoms with E-state index >= 15 is 0 Å². The summed E-state index contributed by atoms with van der Waals surface area (Å²) in [5, 5.41) is 13.9. The molecule has 1 aromatic heterocycles. The van der Waals surface area contributed by atoms with Crippen LogP contribution >= 0.6 is 0 Å². The summed E-state index contributed by atoms with van der Waals surface area (Å²) >= 11 is 0. The molecule has 0 atom stereocenters. The van der Waals surface area contributed by atoms with E-state index in [1.165, 1.54) is 18.2 Å². The standard InChI is InChI=1S/C21H15N3O4/c1-13-6-2-3-7-15(13)20(25)22-17-9-5-4-8-16(17)21-23-18-12-14(24(26)27)10-11-19(18)28-21/h2-12H,1H3,(H,22,25). The van der Waals surface area contributed by atoms with E-state index in [0.717, 1.165) is 5.56 Å². The summed E-state index contributed by atoms with van der Waals surface area (Å²) in [5.74, 6) is 0.0356. The Morgan fingerprint density at radius 1 is 1.07 bits per heavy atom. The second kappa shape index (κ2) is 6.96. The van der Waals surface area contributed by atoms with Gasteiger partial charge in [-0.2, -0.15) is 0 Å². The van der Waals surface area contributed by atoms with Crippen LogP contribution in [-0.4, -0.2) is 15.8 Å². The number of nitro groups is 1. The first-order valence-electron chi connectivity index (χ1n) is 8.54. The number of anilines is 1. The van der Waals surface area contributed by atoms with Gasteiger partial charge in [0.2, 0.25) is 5.89 Å². The van der Waals surface area contributed by atoms with Crippen molar-refractivity contribution in [3.8, 4) is 11.5 Å². The minimum Gasteiger partial charge on any atom is -0.436 e. The highest BCUT2D eigenvalue weighted by atomic mass is 16.6. The molecule has 0 spiro atoms. The molecular weight excluding hydrogens is 358 g/mol. The summed E-state index contributed by atoms with van der Waals surface area (Å²) in [6.45, 7) is 1.87. The third kappa shape index (κ3) is 3.21. The lowest BCUT2D eigenvalue weighted by Crippen LogP contribution is -2.13. The number of aryl methyl sites for hydroxylation is 1. The van der Waals surface area contributed by atoms with Gasteiger partial charge >= 0.3 is 0 Å². The van der Waals surface area contributed by atoms with Crippen LogP contribution in [0.1, 0.15) is 15.9 Å². The zero-order valence-electron chi connectivity index (χ0n) is 14.9. The van der Waals surface area contributed by atoms with Gasteiger partial charge in [-0.05, 0) is 36.8 Å². The molecular formula is C21H15N3O4. The van der Waals surface area contributed by atoms with Crippen molar-refractivity contribution in [1.29, 1.82) is 0 Å². The van der Waals surface area contributed by atoms with Crippen molar-refractivity contribution in [1.82, 2.24) is 4.98 Å². The summed E-state index contributed by atoms with van der Waals surface area (Å²) in [6.07, 6.45) is 0. The number of carbonyl (C=O) groups excluding carboxylic acids is 1. The van der Waals surface area contributed by atoms with Crippen molar-refractivity contribution in [2.45, 2.75) is 6.92 Å². The van der Waals surface area contributed by atoms with E-state index in [1.807, 2.05) is 25.1 Å². The molecule has 0 aliphatic rings. The molecule has 0 aliphatic carbocycles. The van der Waals surface area contributed by atoms with Gasteiger partial charge in [0.25, 0.3) is 11.6 Å². The zero-order chi connectivity index (χ0) is 19.7. The van der Waals surface area contributed by atoms with Crippen molar-refractivity contribution in [2.24, 2.45) is 0 Å². The van der Waals surface area contributed by atoms with Crippen molar-refractivity contribution in [2.75, 3.05) is 5.32 Å². The fourth-order valence-electron chi connectivity index (χ4n) is 2.94. The Labute approximate surface area is 159 Å². The van der Waals surface area contributed by atoms with E-state index in [1.54, 1.807) is 30.3 Å². The molecule has 4 rings (SSSR count). The smallest absolute Gasteiger partial charge is 0.271 e. The second-order valence-electron chi connectivity index (χ2n) is 6.24. The van der Waals surface area contributed by atoms with E-state index in [0.29, 0.717) is 27.9 Å². The first-order chi connectivity index (χ1) is 13.5. The van der Waals surface area contributed by atoms with Crippen LogP contribution in [0.3, 0.4) is 0 Å². The maximum Gasteiger partial charge on any atom is 0.271 e. The molecule has 1 N–H and O–H groups in total. The van der Waals surface area contributed by atoms with Crippen LogP contribution in [0.4, 0.5) is 11.4 Å². The van der Waals surface area contributed by atoms with Crippen LogP contribution in [0.5, 0.6) is 0 Å². The van der Waals surface area contributed by atoms with Gasteiger partial charge in [-0.3, -0.25) is 14.9 Å². The van der Waals surface area contributed by atoms with E-state index in [-0.39, 0.29) is 17.5 Å². The van der Waals surface area contributed by atoms with Crippen LogP contribution in [0.25, 0.3) is 22.6 Å². The number of fused-ring (bicyclic) bond motifs is 1. The number of nitrogens with one attached hydrogen (secondary N) is 1. The predicted octanol–water partition coefficient (Wildman–Crippen LogP) is 4.96. The quantitative estimate of drug-likeness (QED) is 0.402. The van der Waals surface area contributed by atoms with Gasteiger partial charge in [-0.1, -0.05) is 30.3 Å². The number of non-ortho nitro benzene ring substituents is 1. The number of carbonyl (C=O) groups is 1. The van der Waals surface area contributed by atoms with Gasteiger partial charge in [-0.25, -0.2) is 4.98 Å². The molecule has 4 aromatic rings. The number of rotatable bonds is 4. The fourth-order valence-corrected chi connectivity index (χ4v) is 2.94. The molecule has 0 radical (unpaired) electrons. The molecule has 138 valence electrons. The SMILES string of the molecule is Cc1ccccc1C(=O)Nc1ccccc1-c1nc2cc([N+](=O)[O-])ccc2o1. The van der Waals surface area contributed by atoms with E-state index in [2.05, 4.69) is 10.3 Å². The zero-order valence-corrected chi connectivity index (χ0v) is 14.9. The highest BCUT2D eigenvalue weighted by molar-refractivity contribution is 6.07. The lowest BCUT2D eigenvalue weighted by molar-refractivity contribution is -0.384. The number of hydrogen-bond acceptors (Lipinski definition) is 5. The Morgan fingerprint density at radius 2 is 1.82 bits per heavy atom. The summed E-state index contributed by atoms with van der Waals surface area (Å²) in [7, 11) is 0. The number of benzene rings is 3. The highest BCUT2D eigenvalue weighted by Crippen LogP contribution is 2.31. The molecule has 28 heavy (non-hydrogen) atoms. The van der Waals surface area contributed by atoms with Crippen LogP contribution in [-0.2, 0) is 0 Å². The molecule has 0 bridgehead atoms. The summed E-state index contributed by atoms with van der Waals surface area (Å²) in [4.78, 5) is 27.5. The molecule has 7 heteroatoms. The maximum absolute atomic E-state index is 12.7. The van der Waals surface area contributed by atoms with Crippen molar-refractivity contribution < 1.29 is 14.1 Å². The summed E-state index contributed by atoms with van der Waals surface area (Å²) in [6, 6.07) is 18.7. The van der Waals surface area contributed by atoms with Gasteiger partial charge in [0.1, 0.15) is 5.52 Å². The average molecular weight is 373 g/mol. The minimum atomic E-state index is -0.482. The first-order valence-corrected chi connectivity index (χ1v) is 8.54. The van der Waals surface area contributed by atoms with Gasteiger partial charge < -0.3 is 9.73 Å². The lowest BCUT2D eigenvalue weighted by atomic mass is 10.1. The van der Waals surface area contributed by atoms with Gasteiger partial charge in [-0.15, -0.1) is 0 Å². The third-order valence-corrected chi connectivity index (χ3v) is 4.38. The Morgan fingerprint density at radius 3 is 2.61 bits per heavy atom. The molecule has 0 saturated carbocycles. The van der Waals surface area contributed by atoms with Gasteiger partial charge in [0, 0.05) is 17.7 Å². The number of aromatic nitrogens is 1. The van der Waals surface area contributed by atoms with Crippen LogP contribution in [0, 0.1) is 17.0 Å².